The van der Waals surface area contributed by atoms with Gasteiger partial charge >= 0.3 is 0 Å². The molecule has 1 unspecified atom stereocenters. The Bertz CT molecular complexity index is 506. The third-order valence-electron chi connectivity index (χ3n) is 0.800. The van der Waals surface area contributed by atoms with Gasteiger partial charge in [0.2, 0.25) is 0 Å². The second-order valence-corrected chi connectivity index (χ2v) is 1.62. The Morgan fingerprint density at radius 2 is 2.40 bits per heavy atom. The summed E-state index contributed by atoms with van der Waals surface area (Å²) in [7, 11) is 0. The molecular formula is C9H13N. The van der Waals surface area contributed by atoms with Crippen molar-refractivity contribution >= 4 is 0 Å². The van der Waals surface area contributed by atoms with Crippen LogP contribution in [0.5, 0.6) is 0 Å². The lowest BCUT2D eigenvalue weighted by molar-refractivity contribution is 0.738. The van der Waals surface area contributed by atoms with Gasteiger partial charge in [0, 0.05) is 12.9 Å². The van der Waals surface area contributed by atoms with Gasteiger partial charge in [-0.2, -0.15) is 0 Å². The molecule has 54 valence electrons. The lowest BCUT2D eigenvalue weighted by Gasteiger charge is -2.02. The van der Waals surface area contributed by atoms with Crippen LogP contribution < -0.4 is 5.73 Å². The van der Waals surface area contributed by atoms with Crippen molar-refractivity contribution in [3.8, 4) is 0 Å². The summed E-state index contributed by atoms with van der Waals surface area (Å²) in [5, 5.41) is 0. The van der Waals surface area contributed by atoms with Gasteiger partial charge in [-0.25, -0.2) is 0 Å². The molecule has 1 nitrogen and oxygen atoms in total. The van der Waals surface area contributed by atoms with Crippen LogP contribution in [0.4, 0.5) is 0 Å². The number of benzene rings is 1. The standard InChI is InChI=1S/C9H13N/c1-8(10)7-9-5-3-2-4-6-9/h2-6,8H,7,10H2,1H3/i1D3,2D,3D,4D,5D,6D,7D2. The topological polar surface area (TPSA) is 26.0 Å². The summed E-state index contributed by atoms with van der Waals surface area (Å²) >= 11 is 0. The molecule has 1 rings (SSSR count). The highest BCUT2D eigenvalue weighted by molar-refractivity contribution is 5.15. The Kier molecular flexibility index (Phi) is 0.563. The van der Waals surface area contributed by atoms with Crippen LogP contribution in [0.3, 0.4) is 0 Å². The summed E-state index contributed by atoms with van der Waals surface area (Å²) in [6.45, 7) is -2.87. The maximum atomic E-state index is 7.79. The lowest BCUT2D eigenvalue weighted by atomic mass is 10.1. The van der Waals surface area contributed by atoms with Crippen LogP contribution in [0.1, 0.15) is 26.1 Å². The summed E-state index contributed by atoms with van der Waals surface area (Å²) in [5.41, 5.74) is 4.62. The Balaban J connectivity index is 3.63. The molecule has 1 atom stereocenters. The summed E-state index contributed by atoms with van der Waals surface area (Å²) < 4.78 is 74.6. The van der Waals surface area contributed by atoms with Gasteiger partial charge < -0.3 is 5.73 Å². The first-order valence-electron chi connectivity index (χ1n) is 7.66. The molecule has 0 saturated heterocycles. The minimum atomic E-state index is -2.87. The van der Waals surface area contributed by atoms with E-state index in [1.54, 1.807) is 0 Å². The quantitative estimate of drug-likeness (QED) is 0.671. The predicted molar refractivity (Wildman–Crippen MR) is 43.8 cm³/mol. The fourth-order valence-electron chi connectivity index (χ4n) is 0.478. The minimum absolute atomic E-state index is 0.679. The molecule has 1 heteroatoms. The maximum Gasteiger partial charge on any atom is 0.0626 e. The van der Waals surface area contributed by atoms with Crippen molar-refractivity contribution in [2.75, 3.05) is 0 Å². The molecule has 1 aromatic carbocycles. The van der Waals surface area contributed by atoms with E-state index >= 15 is 0 Å². The van der Waals surface area contributed by atoms with Crippen LogP contribution in [0.25, 0.3) is 0 Å². The number of rotatable bonds is 2. The second-order valence-electron chi connectivity index (χ2n) is 1.62. The van der Waals surface area contributed by atoms with Crippen molar-refractivity contribution in [1.82, 2.24) is 0 Å². The van der Waals surface area contributed by atoms with E-state index in [4.69, 9.17) is 19.4 Å². The fourth-order valence-corrected chi connectivity index (χ4v) is 0.478. The fraction of sp³-hybridized carbons (Fsp3) is 0.333. The Morgan fingerprint density at radius 3 is 3.00 bits per heavy atom. The lowest BCUT2D eigenvalue weighted by Crippen LogP contribution is -2.17. The van der Waals surface area contributed by atoms with Crippen molar-refractivity contribution in [2.45, 2.75) is 19.3 Å². The molecule has 10 heavy (non-hydrogen) atoms. The third kappa shape index (κ3) is 2.19. The molecule has 0 spiro atoms. The normalized spacial score (nSPS) is 30.1. The second kappa shape index (κ2) is 3.37. The zero-order chi connectivity index (χ0) is 16.0. The molecule has 0 aliphatic rings. The highest BCUT2D eigenvalue weighted by atomic mass is 14.6. The zero-order valence-electron chi connectivity index (χ0n) is 15.2. The van der Waals surface area contributed by atoms with E-state index in [0.29, 0.717) is 0 Å². The van der Waals surface area contributed by atoms with Crippen molar-refractivity contribution in [3.05, 3.63) is 35.8 Å². The van der Waals surface area contributed by atoms with E-state index in [2.05, 4.69) is 0 Å². The predicted octanol–water partition coefficient (Wildman–Crippen LogP) is 1.58. The smallest absolute Gasteiger partial charge is 0.0626 e. The molecule has 0 aliphatic carbocycles. The van der Waals surface area contributed by atoms with Crippen molar-refractivity contribution in [1.29, 1.82) is 0 Å². The van der Waals surface area contributed by atoms with Gasteiger partial charge in [0.25, 0.3) is 0 Å². The largest absolute Gasteiger partial charge is 0.328 e. The molecule has 1 aromatic rings. The van der Waals surface area contributed by atoms with Crippen molar-refractivity contribution < 1.29 is 13.7 Å². The van der Waals surface area contributed by atoms with E-state index in [1.165, 1.54) is 0 Å². The summed E-state index contributed by atoms with van der Waals surface area (Å²) in [4.78, 5) is 0. The van der Waals surface area contributed by atoms with Crippen LogP contribution in [-0.2, 0) is 6.37 Å². The average Bonchev–Trinajstić information content (AvgIpc) is 2.31. The first-order valence-corrected chi connectivity index (χ1v) is 2.66. The van der Waals surface area contributed by atoms with Gasteiger partial charge in [0.1, 0.15) is 0 Å². The monoisotopic (exact) mass is 145 g/mol. The van der Waals surface area contributed by atoms with E-state index in [-0.39, 0.29) is 0 Å². The van der Waals surface area contributed by atoms with Gasteiger partial charge in [0.05, 0.1) is 6.85 Å². The van der Waals surface area contributed by atoms with Crippen molar-refractivity contribution in [3.63, 3.8) is 0 Å². The van der Waals surface area contributed by atoms with E-state index < -0.39 is 55.0 Å². The van der Waals surface area contributed by atoms with Gasteiger partial charge in [0.15, 0.2) is 0 Å². The third-order valence-corrected chi connectivity index (χ3v) is 0.800. The van der Waals surface area contributed by atoms with Crippen LogP contribution in [0, 0.1) is 0 Å². The van der Waals surface area contributed by atoms with E-state index in [0.717, 1.165) is 0 Å². The molecule has 0 saturated carbocycles. The summed E-state index contributed by atoms with van der Waals surface area (Å²) in [6.07, 6.45) is -2.79. The van der Waals surface area contributed by atoms with Gasteiger partial charge in [-0.1, -0.05) is 30.2 Å². The van der Waals surface area contributed by atoms with Gasteiger partial charge in [-0.15, -0.1) is 0 Å². The molecule has 0 bridgehead atoms. The summed E-state index contributed by atoms with van der Waals surface area (Å²) in [6, 6.07) is -5.74. The van der Waals surface area contributed by atoms with E-state index in [9.17, 15) is 0 Å². The molecule has 0 aliphatic heterocycles. The Hall–Kier alpha value is -0.820. The zero-order valence-corrected chi connectivity index (χ0v) is 5.15. The number of hydrogen-bond acceptors (Lipinski definition) is 1. The Labute approximate surface area is 75.9 Å². The average molecular weight is 145 g/mol. The maximum absolute atomic E-state index is 7.79. The van der Waals surface area contributed by atoms with Gasteiger partial charge in [-0.3, -0.25) is 0 Å². The minimum Gasteiger partial charge on any atom is -0.328 e. The van der Waals surface area contributed by atoms with Crippen LogP contribution >= 0.6 is 0 Å². The molecular weight excluding hydrogens is 122 g/mol. The van der Waals surface area contributed by atoms with Crippen LogP contribution in [0.2, 0.25) is 0 Å². The molecule has 0 aromatic heterocycles. The van der Waals surface area contributed by atoms with E-state index in [1.807, 2.05) is 0 Å². The number of nitrogens with two attached hydrogens (primary N) is 1. The SMILES string of the molecule is [2H]c1c([2H])c([2H])c(C([2H])([2H])C(N)C([2H])([2H])[2H])c([2H])c1[2H]. The summed E-state index contributed by atoms with van der Waals surface area (Å²) in [5.74, 6) is 0. The number of hydrogen-bond donors (Lipinski definition) is 1. The molecule has 0 amide bonds. The van der Waals surface area contributed by atoms with Gasteiger partial charge in [-0.05, 0) is 18.8 Å². The Morgan fingerprint density at radius 1 is 1.70 bits per heavy atom. The van der Waals surface area contributed by atoms with Crippen LogP contribution in [0.15, 0.2) is 30.2 Å². The highest BCUT2D eigenvalue weighted by Crippen LogP contribution is 2.00. The first-order chi connectivity index (χ1) is 8.83. The van der Waals surface area contributed by atoms with Crippen LogP contribution in [-0.4, -0.2) is 6.04 Å². The molecule has 2 N–H and O–H groups in total. The highest BCUT2D eigenvalue weighted by Gasteiger charge is 1.94. The first kappa shape index (κ1) is 1.67. The van der Waals surface area contributed by atoms with Crippen molar-refractivity contribution in [2.24, 2.45) is 5.73 Å². The molecule has 0 radical (unpaired) electrons. The molecule has 0 fully saturated rings. The molecule has 0 heterocycles.